The van der Waals surface area contributed by atoms with E-state index < -0.39 is 23.4 Å². The van der Waals surface area contributed by atoms with Crippen LogP contribution in [0.1, 0.15) is 37.6 Å². The maximum Gasteiger partial charge on any atom is 0.410 e. The zero-order valence-electron chi connectivity index (χ0n) is 14.4. The van der Waals surface area contributed by atoms with Crippen LogP contribution in [0.5, 0.6) is 5.75 Å². The minimum Gasteiger partial charge on any atom is -0.496 e. The number of rotatable bonds is 3. The monoisotopic (exact) mass is 338 g/mol. The Morgan fingerprint density at radius 1 is 1.33 bits per heavy atom. The molecule has 1 aliphatic heterocycles. The lowest BCUT2D eigenvalue weighted by atomic mass is 10.1. The molecule has 1 saturated heterocycles. The lowest BCUT2D eigenvalue weighted by Gasteiger charge is -2.24. The van der Waals surface area contributed by atoms with E-state index in [2.05, 4.69) is 5.32 Å². The molecule has 2 rings (SSSR count). The molecule has 0 spiro atoms. The van der Waals surface area contributed by atoms with E-state index >= 15 is 0 Å². The van der Waals surface area contributed by atoms with Crippen molar-refractivity contribution in [1.82, 2.24) is 10.2 Å². The zero-order chi connectivity index (χ0) is 17.9. The number of carbonyl (C=O) groups excluding carboxylic acids is 2. The van der Waals surface area contributed by atoms with Gasteiger partial charge < -0.3 is 19.7 Å². The van der Waals surface area contributed by atoms with Gasteiger partial charge in [0.25, 0.3) is 5.91 Å². The minimum absolute atomic E-state index is 0.133. The third kappa shape index (κ3) is 4.59. The average Bonchev–Trinajstić information content (AvgIpc) is 2.94. The third-order valence-corrected chi connectivity index (χ3v) is 3.58. The Kier molecular flexibility index (Phi) is 5.31. The highest BCUT2D eigenvalue weighted by molar-refractivity contribution is 5.97. The highest BCUT2D eigenvalue weighted by Crippen LogP contribution is 2.20. The quantitative estimate of drug-likeness (QED) is 0.920. The molecular weight excluding hydrogens is 315 g/mol. The number of hydrogen-bond acceptors (Lipinski definition) is 4. The average molecular weight is 338 g/mol. The SMILES string of the molecule is COc1ccc(F)cc1C(=O)NC1CCN(C(=O)OC(C)(C)C)C1. The molecule has 24 heavy (non-hydrogen) atoms. The van der Waals surface area contributed by atoms with Crippen molar-refractivity contribution in [2.75, 3.05) is 20.2 Å². The smallest absolute Gasteiger partial charge is 0.410 e. The van der Waals surface area contributed by atoms with E-state index in [1.165, 1.54) is 19.2 Å². The van der Waals surface area contributed by atoms with E-state index in [0.717, 1.165) is 6.07 Å². The van der Waals surface area contributed by atoms with Gasteiger partial charge in [-0.1, -0.05) is 0 Å². The number of ether oxygens (including phenoxy) is 2. The molecule has 1 aromatic carbocycles. The fraction of sp³-hybridized carbons (Fsp3) is 0.529. The van der Waals surface area contributed by atoms with Gasteiger partial charge >= 0.3 is 6.09 Å². The van der Waals surface area contributed by atoms with Crippen molar-refractivity contribution in [3.63, 3.8) is 0 Å². The summed E-state index contributed by atoms with van der Waals surface area (Å²) >= 11 is 0. The number of hydrogen-bond donors (Lipinski definition) is 1. The van der Waals surface area contributed by atoms with Crippen LogP contribution in [-0.2, 0) is 4.74 Å². The highest BCUT2D eigenvalue weighted by atomic mass is 19.1. The number of halogens is 1. The Balaban J connectivity index is 1.97. The largest absolute Gasteiger partial charge is 0.496 e. The van der Waals surface area contributed by atoms with Gasteiger partial charge in [-0.05, 0) is 45.4 Å². The molecule has 6 nitrogen and oxygen atoms in total. The Labute approximate surface area is 140 Å². The standard InChI is InChI=1S/C17H23FN2O4/c1-17(2,3)24-16(22)20-8-7-12(10-20)19-15(21)13-9-11(18)5-6-14(13)23-4/h5-6,9,12H,7-8,10H2,1-4H3,(H,19,21). The summed E-state index contributed by atoms with van der Waals surface area (Å²) in [6.45, 7) is 6.27. The molecule has 1 heterocycles. The van der Waals surface area contributed by atoms with Gasteiger partial charge in [0.05, 0.1) is 12.7 Å². The first kappa shape index (κ1) is 18.0. The summed E-state index contributed by atoms with van der Waals surface area (Å²) in [6, 6.07) is 3.56. The molecule has 0 aliphatic carbocycles. The zero-order valence-corrected chi connectivity index (χ0v) is 14.4. The first-order valence-electron chi connectivity index (χ1n) is 7.82. The van der Waals surface area contributed by atoms with E-state index in [0.29, 0.717) is 25.3 Å². The van der Waals surface area contributed by atoms with Crippen molar-refractivity contribution in [3.8, 4) is 5.75 Å². The molecule has 0 radical (unpaired) electrons. The normalized spacial score (nSPS) is 17.5. The number of amides is 2. The van der Waals surface area contributed by atoms with Crippen molar-refractivity contribution in [1.29, 1.82) is 0 Å². The van der Waals surface area contributed by atoms with E-state index in [1.807, 2.05) is 0 Å². The van der Waals surface area contributed by atoms with Gasteiger partial charge in [0.1, 0.15) is 17.2 Å². The second-order valence-electron chi connectivity index (χ2n) is 6.73. The highest BCUT2D eigenvalue weighted by Gasteiger charge is 2.31. The van der Waals surface area contributed by atoms with Crippen molar-refractivity contribution in [2.45, 2.75) is 38.8 Å². The lowest BCUT2D eigenvalue weighted by Crippen LogP contribution is -2.40. The molecule has 0 saturated carbocycles. The predicted octanol–water partition coefficient (Wildman–Crippen LogP) is 2.57. The Morgan fingerprint density at radius 2 is 2.04 bits per heavy atom. The molecule has 1 N–H and O–H groups in total. The Morgan fingerprint density at radius 3 is 2.67 bits per heavy atom. The van der Waals surface area contributed by atoms with Crippen LogP contribution in [0.3, 0.4) is 0 Å². The van der Waals surface area contributed by atoms with Gasteiger partial charge in [0, 0.05) is 19.1 Å². The summed E-state index contributed by atoms with van der Waals surface area (Å²) in [4.78, 5) is 25.9. The van der Waals surface area contributed by atoms with Crippen molar-refractivity contribution >= 4 is 12.0 Å². The maximum atomic E-state index is 13.4. The molecule has 1 atom stereocenters. The summed E-state index contributed by atoms with van der Waals surface area (Å²) in [5.41, 5.74) is -0.430. The van der Waals surface area contributed by atoms with Crippen molar-refractivity contribution in [3.05, 3.63) is 29.6 Å². The topological polar surface area (TPSA) is 67.9 Å². The van der Waals surface area contributed by atoms with Crippen LogP contribution in [0.15, 0.2) is 18.2 Å². The summed E-state index contributed by atoms with van der Waals surface area (Å²) in [5, 5.41) is 2.81. The fourth-order valence-corrected chi connectivity index (χ4v) is 2.49. The number of carbonyl (C=O) groups is 2. The first-order chi connectivity index (χ1) is 11.2. The van der Waals surface area contributed by atoms with E-state index in [1.54, 1.807) is 25.7 Å². The number of likely N-dealkylation sites (tertiary alicyclic amines) is 1. The molecule has 1 aliphatic rings. The second-order valence-corrected chi connectivity index (χ2v) is 6.73. The van der Waals surface area contributed by atoms with Crippen LogP contribution < -0.4 is 10.1 Å². The molecule has 7 heteroatoms. The van der Waals surface area contributed by atoms with Crippen LogP contribution in [0.25, 0.3) is 0 Å². The summed E-state index contributed by atoms with van der Waals surface area (Å²) in [6.07, 6.45) is 0.213. The Hall–Kier alpha value is -2.31. The first-order valence-corrected chi connectivity index (χ1v) is 7.82. The molecule has 1 fully saturated rings. The number of nitrogens with one attached hydrogen (secondary N) is 1. The van der Waals surface area contributed by atoms with Crippen LogP contribution in [0.2, 0.25) is 0 Å². The summed E-state index contributed by atoms with van der Waals surface area (Å²) in [5.74, 6) is -0.638. The van der Waals surface area contributed by atoms with Gasteiger partial charge in [-0.15, -0.1) is 0 Å². The molecule has 0 aromatic heterocycles. The van der Waals surface area contributed by atoms with Crippen molar-refractivity contribution < 1.29 is 23.5 Å². The van der Waals surface area contributed by atoms with Gasteiger partial charge in [-0.25, -0.2) is 9.18 Å². The molecule has 0 bridgehead atoms. The number of nitrogens with zero attached hydrogens (tertiary/aromatic N) is 1. The predicted molar refractivity (Wildman–Crippen MR) is 86.6 cm³/mol. The summed E-state index contributed by atoms with van der Waals surface area (Å²) in [7, 11) is 1.42. The molecule has 2 amide bonds. The molecule has 1 aromatic rings. The number of benzene rings is 1. The van der Waals surface area contributed by atoms with E-state index in [-0.39, 0.29) is 11.6 Å². The van der Waals surface area contributed by atoms with Crippen LogP contribution >= 0.6 is 0 Å². The summed E-state index contributed by atoms with van der Waals surface area (Å²) < 4.78 is 23.8. The fourth-order valence-electron chi connectivity index (χ4n) is 2.49. The van der Waals surface area contributed by atoms with E-state index in [4.69, 9.17) is 9.47 Å². The van der Waals surface area contributed by atoms with Gasteiger partial charge in [-0.2, -0.15) is 0 Å². The van der Waals surface area contributed by atoms with Crippen molar-refractivity contribution in [2.24, 2.45) is 0 Å². The van der Waals surface area contributed by atoms with Gasteiger partial charge in [0.2, 0.25) is 0 Å². The van der Waals surface area contributed by atoms with E-state index in [9.17, 15) is 14.0 Å². The lowest BCUT2D eigenvalue weighted by molar-refractivity contribution is 0.0290. The third-order valence-electron chi connectivity index (χ3n) is 3.58. The van der Waals surface area contributed by atoms with Gasteiger partial charge in [0.15, 0.2) is 0 Å². The van der Waals surface area contributed by atoms with Crippen LogP contribution in [0.4, 0.5) is 9.18 Å². The second kappa shape index (κ2) is 7.07. The number of methoxy groups -OCH3 is 1. The van der Waals surface area contributed by atoms with Crippen LogP contribution in [-0.4, -0.2) is 48.7 Å². The molecule has 1 unspecified atom stereocenters. The Bertz CT molecular complexity index is 628. The van der Waals surface area contributed by atoms with Crippen LogP contribution in [0, 0.1) is 5.82 Å². The molecule has 132 valence electrons. The maximum absolute atomic E-state index is 13.4. The van der Waals surface area contributed by atoms with Gasteiger partial charge in [-0.3, -0.25) is 4.79 Å². The molecular formula is C17H23FN2O4. The minimum atomic E-state index is -0.562.